The molecule has 1 fully saturated rings. The van der Waals surface area contributed by atoms with Gasteiger partial charge in [0.15, 0.2) is 0 Å². The summed E-state index contributed by atoms with van der Waals surface area (Å²) in [6.07, 6.45) is 25.8. The van der Waals surface area contributed by atoms with Crippen LogP contribution in [-0.2, 0) is 4.79 Å². The van der Waals surface area contributed by atoms with Crippen LogP contribution >= 0.6 is 0 Å². The predicted molar refractivity (Wildman–Crippen MR) is 209 cm³/mol. The van der Waals surface area contributed by atoms with Gasteiger partial charge in [0.25, 0.3) is 0 Å². The Morgan fingerprint density at radius 3 is 2.51 bits per heavy atom. The molecule has 1 aromatic carbocycles. The van der Waals surface area contributed by atoms with Gasteiger partial charge in [0.2, 0.25) is 0 Å². The Balaban J connectivity index is 1.40. The third kappa shape index (κ3) is 10.9. The zero-order valence-corrected chi connectivity index (χ0v) is 30.5. The molecule has 0 atom stereocenters. The molecule has 1 aromatic heterocycles. The minimum absolute atomic E-state index is 0.698. The lowest BCUT2D eigenvalue weighted by molar-refractivity contribution is -0.104. The smallest absolute Gasteiger partial charge is 0.150 e. The fourth-order valence-electron chi connectivity index (χ4n) is 6.46. The first-order valence-electron chi connectivity index (χ1n) is 18.2. The summed E-state index contributed by atoms with van der Waals surface area (Å²) in [5, 5.41) is 8.29. The topological polar surface area (TPSA) is 53.4 Å². The van der Waals surface area contributed by atoms with E-state index in [4.69, 9.17) is 5.10 Å². The molecule has 260 valence electrons. The lowest BCUT2D eigenvalue weighted by Gasteiger charge is -2.24. The van der Waals surface area contributed by atoms with Crippen molar-refractivity contribution in [3.8, 4) is 11.3 Å². The van der Waals surface area contributed by atoms with Gasteiger partial charge in [-0.1, -0.05) is 86.7 Å². The van der Waals surface area contributed by atoms with Crippen molar-refractivity contribution in [1.29, 1.82) is 0 Å². The highest BCUT2D eigenvalue weighted by Crippen LogP contribution is 2.28. The van der Waals surface area contributed by atoms with Gasteiger partial charge in [-0.2, -0.15) is 5.10 Å². The number of carbonyl (C=O) groups excluding carboxylic acids is 1. The molecular weight excluding hydrogens is 603 g/mol. The number of aldehydes is 1. The first kappa shape index (κ1) is 37.6. The second-order valence-electron chi connectivity index (χ2n) is 12.8. The van der Waals surface area contributed by atoms with Crippen molar-refractivity contribution in [2.45, 2.75) is 66.7 Å². The van der Waals surface area contributed by atoms with E-state index in [2.05, 4.69) is 122 Å². The first-order chi connectivity index (χ1) is 23.9. The maximum absolute atomic E-state index is 11.9. The van der Waals surface area contributed by atoms with Gasteiger partial charge < -0.3 is 15.1 Å². The number of benzene rings is 1. The van der Waals surface area contributed by atoms with Crippen molar-refractivity contribution < 1.29 is 4.79 Å². The Kier molecular flexibility index (Phi) is 15.1. The van der Waals surface area contributed by atoms with Crippen molar-refractivity contribution in [2.24, 2.45) is 0 Å². The fraction of sp³-hybridized carbons (Fsp3) is 0.395. The Hall–Kier alpha value is -4.26. The van der Waals surface area contributed by atoms with E-state index >= 15 is 0 Å². The molecule has 0 spiro atoms. The SMILES string of the molecule is C=C(/C=C(C1=CCNCC1)\C(C=O)=C/C)c1ccc(-c2cc(C)n(/C=C\C(=C/C)N3CCCN(CCC(/C=C\CC)=C/CC)CC3)n2)cc1. The van der Waals surface area contributed by atoms with Gasteiger partial charge in [0, 0.05) is 61.5 Å². The van der Waals surface area contributed by atoms with E-state index in [9.17, 15) is 4.79 Å². The number of nitrogens with zero attached hydrogens (tertiary/aromatic N) is 4. The second-order valence-corrected chi connectivity index (χ2v) is 12.8. The van der Waals surface area contributed by atoms with Crippen molar-refractivity contribution in [3.05, 3.63) is 125 Å². The number of aryl methyl sites for hydroxylation is 1. The van der Waals surface area contributed by atoms with Gasteiger partial charge in [-0.15, -0.1) is 0 Å². The van der Waals surface area contributed by atoms with E-state index in [1.54, 1.807) is 0 Å². The molecule has 0 aliphatic carbocycles. The molecule has 0 amide bonds. The minimum atomic E-state index is 0.698. The number of nitrogens with one attached hydrogen (secondary N) is 1. The summed E-state index contributed by atoms with van der Waals surface area (Å²) in [6, 6.07) is 10.5. The van der Waals surface area contributed by atoms with Gasteiger partial charge >= 0.3 is 0 Å². The van der Waals surface area contributed by atoms with Crippen LogP contribution in [0.5, 0.6) is 0 Å². The molecule has 2 aromatic rings. The standard InChI is InChI=1S/C43H57N5O/c1-7-11-14-36(13-8-2)21-27-46-25-12-26-47(30-29-46)41(10-4)22-28-48-35(6)32-43(45-48)40-17-15-38(16-18-40)34(5)31-42(37(9-3)33-49)39-19-23-44-24-20-39/h9-11,13-19,22,28,31-33,44H,5,7-8,12,20-21,23-27,29-30H2,1-4,6H3/b14-11-,28-22-,36-13+,37-9-,41-10+,42-31+. The number of rotatable bonds is 15. The number of aromatic nitrogens is 2. The average Bonchev–Trinajstić information content (AvgIpc) is 3.34. The van der Waals surface area contributed by atoms with E-state index in [0.29, 0.717) is 5.57 Å². The molecule has 0 unspecified atom stereocenters. The lowest BCUT2D eigenvalue weighted by Crippen LogP contribution is -2.31. The molecule has 6 nitrogen and oxygen atoms in total. The molecule has 2 aliphatic heterocycles. The van der Waals surface area contributed by atoms with E-state index in [1.165, 1.54) is 16.8 Å². The third-order valence-electron chi connectivity index (χ3n) is 9.34. The number of hydrogen-bond acceptors (Lipinski definition) is 5. The summed E-state index contributed by atoms with van der Waals surface area (Å²) in [4.78, 5) is 17.0. The molecular formula is C43H57N5O. The van der Waals surface area contributed by atoms with Crippen LogP contribution in [0, 0.1) is 6.92 Å². The van der Waals surface area contributed by atoms with Crippen LogP contribution in [0.1, 0.15) is 71.1 Å². The van der Waals surface area contributed by atoms with E-state index in [-0.39, 0.29) is 0 Å². The lowest BCUT2D eigenvalue weighted by atomic mass is 9.91. The van der Waals surface area contributed by atoms with Crippen LogP contribution in [0.4, 0.5) is 0 Å². The quantitative estimate of drug-likeness (QED) is 0.118. The Labute approximate surface area is 295 Å². The minimum Gasteiger partial charge on any atom is -0.370 e. The molecule has 4 rings (SSSR count). The third-order valence-corrected chi connectivity index (χ3v) is 9.34. The molecule has 2 aliphatic rings. The van der Waals surface area contributed by atoms with Crippen molar-refractivity contribution >= 4 is 18.1 Å². The van der Waals surface area contributed by atoms with Gasteiger partial charge in [0.05, 0.1) is 5.69 Å². The normalized spacial score (nSPS) is 17.6. The summed E-state index contributed by atoms with van der Waals surface area (Å²) < 4.78 is 1.97. The molecule has 1 N–H and O–H groups in total. The van der Waals surface area contributed by atoms with Gasteiger partial charge in [0.1, 0.15) is 6.29 Å². The summed E-state index contributed by atoms with van der Waals surface area (Å²) in [5.41, 5.74) is 10.5. The van der Waals surface area contributed by atoms with Gasteiger partial charge in [-0.25, -0.2) is 4.68 Å². The van der Waals surface area contributed by atoms with Crippen molar-refractivity contribution in [1.82, 2.24) is 24.9 Å². The number of carbonyl (C=O) groups is 1. The van der Waals surface area contributed by atoms with Crippen LogP contribution in [0.2, 0.25) is 0 Å². The predicted octanol–water partition coefficient (Wildman–Crippen LogP) is 8.94. The largest absolute Gasteiger partial charge is 0.370 e. The van der Waals surface area contributed by atoms with Crippen molar-refractivity contribution in [2.75, 3.05) is 45.8 Å². The molecule has 6 heteroatoms. The summed E-state index contributed by atoms with van der Waals surface area (Å²) >= 11 is 0. The second kappa shape index (κ2) is 19.7. The van der Waals surface area contributed by atoms with Crippen LogP contribution in [0.3, 0.4) is 0 Å². The highest BCUT2D eigenvalue weighted by atomic mass is 16.1. The number of allylic oxidation sites excluding steroid dienone is 10. The molecule has 0 radical (unpaired) electrons. The maximum Gasteiger partial charge on any atom is 0.150 e. The Morgan fingerprint density at radius 2 is 1.84 bits per heavy atom. The summed E-state index contributed by atoms with van der Waals surface area (Å²) in [5.74, 6) is 0. The summed E-state index contributed by atoms with van der Waals surface area (Å²) in [7, 11) is 0. The molecule has 0 saturated carbocycles. The fourth-order valence-corrected chi connectivity index (χ4v) is 6.46. The summed E-state index contributed by atoms with van der Waals surface area (Å²) in [6.45, 7) is 22.0. The van der Waals surface area contributed by atoms with E-state index in [0.717, 1.165) is 118 Å². The number of hydrogen-bond donors (Lipinski definition) is 1. The van der Waals surface area contributed by atoms with Crippen LogP contribution in [-0.4, -0.2) is 71.7 Å². The molecule has 3 heterocycles. The molecule has 49 heavy (non-hydrogen) atoms. The zero-order chi connectivity index (χ0) is 35.0. The molecule has 1 saturated heterocycles. The monoisotopic (exact) mass is 659 g/mol. The highest BCUT2D eigenvalue weighted by Gasteiger charge is 2.16. The average molecular weight is 660 g/mol. The van der Waals surface area contributed by atoms with Gasteiger partial charge in [-0.05, 0) is 106 Å². The van der Waals surface area contributed by atoms with E-state index in [1.807, 2.05) is 23.8 Å². The van der Waals surface area contributed by atoms with E-state index < -0.39 is 0 Å². The van der Waals surface area contributed by atoms with Crippen LogP contribution in [0.25, 0.3) is 23.0 Å². The zero-order valence-electron chi connectivity index (χ0n) is 30.5. The Morgan fingerprint density at radius 1 is 1.02 bits per heavy atom. The van der Waals surface area contributed by atoms with Gasteiger partial charge in [-0.3, -0.25) is 4.79 Å². The van der Waals surface area contributed by atoms with Crippen LogP contribution < -0.4 is 5.32 Å². The molecule has 0 bridgehead atoms. The Bertz CT molecular complexity index is 1630. The maximum atomic E-state index is 11.9. The first-order valence-corrected chi connectivity index (χ1v) is 18.2. The van der Waals surface area contributed by atoms with Crippen molar-refractivity contribution in [3.63, 3.8) is 0 Å². The van der Waals surface area contributed by atoms with Crippen LogP contribution in [0.15, 0.2) is 114 Å². The highest BCUT2D eigenvalue weighted by molar-refractivity contribution is 5.86.